The van der Waals surface area contributed by atoms with Crippen molar-refractivity contribution >= 4 is 0 Å². The van der Waals surface area contributed by atoms with Gasteiger partial charge in [0, 0.05) is 0 Å². The number of hydrogen-bond donors (Lipinski definition) is 1. The Balaban J connectivity index is 2.21. The molecule has 1 rings (SSSR count). The van der Waals surface area contributed by atoms with E-state index in [0.29, 0.717) is 11.3 Å². The van der Waals surface area contributed by atoms with Crippen LogP contribution >= 0.6 is 0 Å². The molecular weight excluding hydrogens is 184 g/mol. The van der Waals surface area contributed by atoms with Gasteiger partial charge in [-0.3, -0.25) is 0 Å². The van der Waals surface area contributed by atoms with E-state index in [-0.39, 0.29) is 6.10 Å². The fourth-order valence-corrected chi connectivity index (χ4v) is 2.65. The number of aliphatic hydroxyl groups is 1. The summed E-state index contributed by atoms with van der Waals surface area (Å²) in [5.41, 5.74) is 0.527. The van der Waals surface area contributed by atoms with Gasteiger partial charge >= 0.3 is 0 Å². The molecule has 0 aliphatic heterocycles. The molecule has 0 spiro atoms. The Kier molecular flexibility index (Phi) is 5.11. The largest absolute Gasteiger partial charge is 0.393 e. The zero-order valence-corrected chi connectivity index (χ0v) is 10.8. The Morgan fingerprint density at radius 2 is 1.80 bits per heavy atom. The van der Waals surface area contributed by atoms with Crippen molar-refractivity contribution in [1.29, 1.82) is 0 Å². The lowest BCUT2D eigenvalue weighted by atomic mass is 9.71. The van der Waals surface area contributed by atoms with Crippen molar-refractivity contribution in [2.24, 2.45) is 11.3 Å². The van der Waals surface area contributed by atoms with Gasteiger partial charge in [-0.15, -0.1) is 0 Å². The number of rotatable bonds is 5. The van der Waals surface area contributed by atoms with Crippen LogP contribution < -0.4 is 0 Å². The van der Waals surface area contributed by atoms with Gasteiger partial charge in [-0.1, -0.05) is 40.0 Å². The van der Waals surface area contributed by atoms with Gasteiger partial charge in [0.2, 0.25) is 0 Å². The standard InChI is InChI=1S/C14H28O/c1-4-5-6-7-13(15)12-8-10-14(2,3)11-9-12/h12-13,15H,4-11H2,1-3H3. The minimum Gasteiger partial charge on any atom is -0.393 e. The molecule has 1 unspecified atom stereocenters. The maximum absolute atomic E-state index is 10.1. The van der Waals surface area contributed by atoms with Gasteiger partial charge in [-0.25, -0.2) is 0 Å². The van der Waals surface area contributed by atoms with Crippen molar-refractivity contribution in [3.63, 3.8) is 0 Å². The molecule has 15 heavy (non-hydrogen) atoms. The second kappa shape index (κ2) is 5.89. The van der Waals surface area contributed by atoms with Gasteiger partial charge in [0.1, 0.15) is 0 Å². The lowest BCUT2D eigenvalue weighted by molar-refractivity contribution is 0.0498. The van der Waals surface area contributed by atoms with E-state index in [2.05, 4.69) is 20.8 Å². The van der Waals surface area contributed by atoms with Gasteiger partial charge in [0.05, 0.1) is 6.10 Å². The highest BCUT2D eigenvalue weighted by Gasteiger charge is 2.30. The molecule has 1 atom stereocenters. The van der Waals surface area contributed by atoms with Gasteiger partial charge in [-0.2, -0.15) is 0 Å². The molecule has 1 aliphatic rings. The second-order valence-corrected chi connectivity index (χ2v) is 6.06. The van der Waals surface area contributed by atoms with Crippen molar-refractivity contribution in [3.05, 3.63) is 0 Å². The Morgan fingerprint density at radius 1 is 1.20 bits per heavy atom. The first-order valence-electron chi connectivity index (χ1n) is 6.73. The van der Waals surface area contributed by atoms with Crippen LogP contribution in [0.3, 0.4) is 0 Å². The van der Waals surface area contributed by atoms with Crippen LogP contribution in [0.5, 0.6) is 0 Å². The maximum Gasteiger partial charge on any atom is 0.0568 e. The van der Waals surface area contributed by atoms with Gasteiger partial charge in [0.15, 0.2) is 0 Å². The van der Waals surface area contributed by atoms with E-state index in [1.165, 1.54) is 44.9 Å². The molecule has 0 saturated heterocycles. The summed E-state index contributed by atoms with van der Waals surface area (Å²) >= 11 is 0. The van der Waals surface area contributed by atoms with Crippen molar-refractivity contribution in [2.45, 2.75) is 78.2 Å². The van der Waals surface area contributed by atoms with Crippen LogP contribution in [0.15, 0.2) is 0 Å². The fraction of sp³-hybridized carbons (Fsp3) is 1.00. The molecule has 0 radical (unpaired) electrons. The number of hydrogen-bond acceptors (Lipinski definition) is 1. The summed E-state index contributed by atoms with van der Waals surface area (Å²) in [5.74, 6) is 0.592. The molecule has 0 aromatic heterocycles. The summed E-state index contributed by atoms with van der Waals surface area (Å²) in [4.78, 5) is 0. The van der Waals surface area contributed by atoms with E-state index in [9.17, 15) is 5.11 Å². The molecule has 1 saturated carbocycles. The third-order valence-corrected chi connectivity index (χ3v) is 4.03. The van der Waals surface area contributed by atoms with Gasteiger partial charge in [-0.05, 0) is 43.4 Å². The average molecular weight is 212 g/mol. The summed E-state index contributed by atoms with van der Waals surface area (Å²) in [6.07, 6.45) is 9.80. The first-order chi connectivity index (χ1) is 7.05. The van der Waals surface area contributed by atoms with Crippen molar-refractivity contribution in [1.82, 2.24) is 0 Å². The zero-order chi connectivity index (χ0) is 11.3. The highest BCUT2D eigenvalue weighted by Crippen LogP contribution is 2.39. The monoisotopic (exact) mass is 212 g/mol. The highest BCUT2D eigenvalue weighted by atomic mass is 16.3. The van der Waals surface area contributed by atoms with Crippen LogP contribution in [0.2, 0.25) is 0 Å². The molecule has 1 aliphatic carbocycles. The van der Waals surface area contributed by atoms with Crippen molar-refractivity contribution in [3.8, 4) is 0 Å². The highest BCUT2D eigenvalue weighted by molar-refractivity contribution is 4.81. The van der Waals surface area contributed by atoms with Crippen LogP contribution in [0.4, 0.5) is 0 Å². The van der Waals surface area contributed by atoms with E-state index in [4.69, 9.17) is 0 Å². The molecule has 1 N–H and O–H groups in total. The Hall–Kier alpha value is -0.0400. The SMILES string of the molecule is CCCCCC(O)C1CCC(C)(C)CC1. The van der Waals surface area contributed by atoms with Crippen LogP contribution in [0.1, 0.15) is 72.1 Å². The third-order valence-electron chi connectivity index (χ3n) is 4.03. The molecule has 0 bridgehead atoms. The molecular formula is C14H28O. The van der Waals surface area contributed by atoms with E-state index in [0.717, 1.165) is 6.42 Å². The third kappa shape index (κ3) is 4.55. The summed E-state index contributed by atoms with van der Waals surface area (Å²) in [5, 5.41) is 10.1. The Morgan fingerprint density at radius 3 is 2.33 bits per heavy atom. The van der Waals surface area contributed by atoms with E-state index < -0.39 is 0 Å². The van der Waals surface area contributed by atoms with E-state index in [1.54, 1.807) is 0 Å². The lowest BCUT2D eigenvalue weighted by Crippen LogP contribution is -2.29. The van der Waals surface area contributed by atoms with Crippen molar-refractivity contribution < 1.29 is 5.11 Å². The maximum atomic E-state index is 10.1. The van der Waals surface area contributed by atoms with Crippen LogP contribution in [0.25, 0.3) is 0 Å². The van der Waals surface area contributed by atoms with E-state index in [1.807, 2.05) is 0 Å². The molecule has 0 heterocycles. The molecule has 0 aromatic rings. The second-order valence-electron chi connectivity index (χ2n) is 6.06. The predicted molar refractivity (Wildman–Crippen MR) is 65.9 cm³/mol. The van der Waals surface area contributed by atoms with Crippen molar-refractivity contribution in [2.75, 3.05) is 0 Å². The van der Waals surface area contributed by atoms with Crippen LogP contribution in [-0.2, 0) is 0 Å². The normalized spacial score (nSPS) is 24.0. The quantitative estimate of drug-likeness (QED) is 0.679. The summed E-state index contributed by atoms with van der Waals surface area (Å²) in [7, 11) is 0. The summed E-state index contributed by atoms with van der Waals surface area (Å²) < 4.78 is 0. The minimum atomic E-state index is -0.0207. The number of unbranched alkanes of at least 4 members (excludes halogenated alkanes) is 2. The summed E-state index contributed by atoms with van der Waals surface area (Å²) in [6, 6.07) is 0. The Labute approximate surface area is 95.3 Å². The summed E-state index contributed by atoms with van der Waals surface area (Å²) in [6.45, 7) is 6.93. The fourth-order valence-electron chi connectivity index (χ4n) is 2.65. The molecule has 1 nitrogen and oxygen atoms in total. The average Bonchev–Trinajstić information content (AvgIpc) is 2.18. The van der Waals surface area contributed by atoms with Gasteiger partial charge < -0.3 is 5.11 Å². The molecule has 1 heteroatoms. The topological polar surface area (TPSA) is 20.2 Å². The van der Waals surface area contributed by atoms with E-state index >= 15 is 0 Å². The van der Waals surface area contributed by atoms with Crippen LogP contribution in [0, 0.1) is 11.3 Å². The lowest BCUT2D eigenvalue weighted by Gasteiger charge is -2.36. The van der Waals surface area contributed by atoms with Crippen LogP contribution in [-0.4, -0.2) is 11.2 Å². The number of aliphatic hydroxyl groups excluding tert-OH is 1. The molecule has 0 amide bonds. The smallest absolute Gasteiger partial charge is 0.0568 e. The Bertz CT molecular complexity index is 164. The first kappa shape index (κ1) is 13.0. The molecule has 1 fully saturated rings. The first-order valence-corrected chi connectivity index (χ1v) is 6.73. The minimum absolute atomic E-state index is 0.0207. The molecule has 0 aromatic carbocycles. The molecule has 90 valence electrons. The zero-order valence-electron chi connectivity index (χ0n) is 10.8. The predicted octanol–water partition coefficient (Wildman–Crippen LogP) is 4.14. The van der Waals surface area contributed by atoms with Gasteiger partial charge in [0.25, 0.3) is 0 Å².